The van der Waals surface area contributed by atoms with E-state index in [0.717, 1.165) is 17.8 Å². The molecule has 0 fully saturated rings. The highest BCUT2D eigenvalue weighted by atomic mass is 15.0. The number of hydrogen-bond donors (Lipinski definition) is 0. The molecule has 0 atom stereocenters. The van der Waals surface area contributed by atoms with Crippen molar-refractivity contribution in [2.45, 2.75) is 6.42 Å². The van der Waals surface area contributed by atoms with Crippen LogP contribution in [0.1, 0.15) is 5.56 Å². The minimum atomic E-state index is 0.858. The van der Waals surface area contributed by atoms with E-state index in [0.29, 0.717) is 0 Å². The lowest BCUT2D eigenvalue weighted by Gasteiger charge is -2.13. The first-order chi connectivity index (χ1) is 26.2. The number of para-hydroxylation sites is 2. The molecule has 53 heavy (non-hydrogen) atoms. The molecule has 2 heterocycles. The molecule has 0 aliphatic carbocycles. The summed E-state index contributed by atoms with van der Waals surface area (Å²) in [6.45, 7) is 3.97. The first-order valence-electron chi connectivity index (χ1n) is 18.4. The molecule has 0 radical (unpaired) electrons. The van der Waals surface area contributed by atoms with Gasteiger partial charge in [0.25, 0.3) is 0 Å². The Kier molecular flexibility index (Phi) is 6.50. The van der Waals surface area contributed by atoms with Gasteiger partial charge in [0, 0.05) is 32.9 Å². The van der Waals surface area contributed by atoms with E-state index in [-0.39, 0.29) is 0 Å². The van der Waals surface area contributed by atoms with Gasteiger partial charge in [-0.3, -0.25) is 0 Å². The molecule has 248 valence electrons. The fraction of sp³-hybridized carbons (Fsp3) is 0.0196. The zero-order chi connectivity index (χ0) is 35.0. The van der Waals surface area contributed by atoms with E-state index in [1.807, 2.05) is 6.08 Å². The van der Waals surface area contributed by atoms with Crippen molar-refractivity contribution in [2.75, 3.05) is 0 Å². The maximum absolute atomic E-state index is 3.97. The summed E-state index contributed by atoms with van der Waals surface area (Å²) in [5.41, 5.74) is 10.8. The summed E-state index contributed by atoms with van der Waals surface area (Å²) in [5, 5.41) is 12.8. The van der Waals surface area contributed by atoms with Crippen LogP contribution in [0.25, 0.3) is 98.4 Å². The molecule has 2 nitrogen and oxygen atoms in total. The van der Waals surface area contributed by atoms with E-state index in [4.69, 9.17) is 0 Å². The Hall–Kier alpha value is -6.90. The molecule has 11 rings (SSSR count). The van der Waals surface area contributed by atoms with Crippen LogP contribution < -0.4 is 0 Å². The van der Waals surface area contributed by atoms with Gasteiger partial charge in [0.15, 0.2) is 0 Å². The van der Waals surface area contributed by atoms with E-state index in [2.05, 4.69) is 192 Å². The van der Waals surface area contributed by atoms with Gasteiger partial charge in [-0.05, 0) is 116 Å². The number of hydrogen-bond acceptors (Lipinski definition) is 0. The quantitative estimate of drug-likeness (QED) is 0.127. The lowest BCUT2D eigenvalue weighted by atomic mass is 9.92. The number of fused-ring (bicyclic) bond motifs is 12. The highest BCUT2D eigenvalue weighted by Crippen LogP contribution is 2.40. The van der Waals surface area contributed by atoms with Gasteiger partial charge in [0.1, 0.15) is 0 Å². The van der Waals surface area contributed by atoms with E-state index >= 15 is 0 Å². The summed E-state index contributed by atoms with van der Waals surface area (Å²) in [4.78, 5) is 0. The van der Waals surface area contributed by atoms with Crippen molar-refractivity contribution in [3.05, 3.63) is 194 Å². The Balaban J connectivity index is 1.09. The van der Waals surface area contributed by atoms with E-state index in [9.17, 15) is 0 Å². The van der Waals surface area contributed by atoms with Crippen LogP contribution in [0.3, 0.4) is 0 Å². The molecule has 9 aromatic carbocycles. The predicted molar refractivity (Wildman–Crippen MR) is 227 cm³/mol. The summed E-state index contributed by atoms with van der Waals surface area (Å²) >= 11 is 0. The molecule has 0 aliphatic rings. The fourth-order valence-electron chi connectivity index (χ4n) is 8.88. The van der Waals surface area contributed by atoms with E-state index in [1.165, 1.54) is 92.6 Å². The topological polar surface area (TPSA) is 9.86 Å². The van der Waals surface area contributed by atoms with Gasteiger partial charge in [-0.15, -0.1) is 6.58 Å². The SMILES string of the molecule is C=CCc1ccc2c(c1)c1ccccc1n2-c1ccc2c(c1)c1ccccc1n2-c1cccc(-c2ccc3c4ccccc4c4ccccc4c3c2)c1. The largest absolute Gasteiger partial charge is 0.309 e. The normalized spacial score (nSPS) is 11.9. The van der Waals surface area contributed by atoms with Gasteiger partial charge in [-0.25, -0.2) is 0 Å². The molecular weight excluding hydrogens is 641 g/mol. The minimum Gasteiger partial charge on any atom is -0.309 e. The second-order valence-corrected chi connectivity index (χ2v) is 14.2. The van der Waals surface area contributed by atoms with Gasteiger partial charge in [-0.2, -0.15) is 0 Å². The molecule has 11 aromatic rings. The second kappa shape index (κ2) is 11.6. The maximum Gasteiger partial charge on any atom is 0.0542 e. The van der Waals surface area contributed by atoms with E-state index in [1.54, 1.807) is 0 Å². The fourth-order valence-corrected chi connectivity index (χ4v) is 8.88. The third-order valence-corrected chi connectivity index (χ3v) is 11.2. The van der Waals surface area contributed by atoms with Crippen LogP contribution >= 0.6 is 0 Å². The third kappa shape index (κ3) is 4.46. The van der Waals surface area contributed by atoms with Gasteiger partial charge >= 0.3 is 0 Å². The summed E-state index contributed by atoms with van der Waals surface area (Å²) in [6, 6.07) is 64.9. The number of benzene rings is 9. The number of rotatable bonds is 5. The first-order valence-corrected chi connectivity index (χ1v) is 18.4. The molecule has 0 unspecified atom stereocenters. The molecule has 0 saturated heterocycles. The summed E-state index contributed by atoms with van der Waals surface area (Å²) in [5.74, 6) is 0. The van der Waals surface area contributed by atoms with Crippen molar-refractivity contribution in [1.29, 1.82) is 0 Å². The Morgan fingerprint density at radius 1 is 0.340 bits per heavy atom. The summed E-state index contributed by atoms with van der Waals surface area (Å²) in [6.07, 6.45) is 2.84. The summed E-state index contributed by atoms with van der Waals surface area (Å²) in [7, 11) is 0. The Morgan fingerprint density at radius 3 is 1.47 bits per heavy atom. The predicted octanol–water partition coefficient (Wildman–Crippen LogP) is 13.7. The van der Waals surface area contributed by atoms with Crippen molar-refractivity contribution in [3.63, 3.8) is 0 Å². The highest BCUT2D eigenvalue weighted by Gasteiger charge is 2.17. The molecule has 0 bridgehead atoms. The second-order valence-electron chi connectivity index (χ2n) is 14.2. The number of aromatic nitrogens is 2. The minimum absolute atomic E-state index is 0.858. The Labute approximate surface area is 307 Å². The smallest absolute Gasteiger partial charge is 0.0542 e. The van der Waals surface area contributed by atoms with Crippen molar-refractivity contribution in [1.82, 2.24) is 9.13 Å². The van der Waals surface area contributed by atoms with Crippen LogP contribution in [-0.2, 0) is 6.42 Å². The number of nitrogens with zero attached hydrogens (tertiary/aromatic N) is 2. The monoisotopic (exact) mass is 674 g/mol. The molecule has 0 aliphatic heterocycles. The van der Waals surface area contributed by atoms with Crippen LogP contribution in [0.4, 0.5) is 0 Å². The van der Waals surface area contributed by atoms with Gasteiger partial charge in [0.2, 0.25) is 0 Å². The van der Waals surface area contributed by atoms with Crippen LogP contribution in [0.2, 0.25) is 0 Å². The lowest BCUT2D eigenvalue weighted by Crippen LogP contribution is -1.96. The van der Waals surface area contributed by atoms with Gasteiger partial charge in [-0.1, -0.05) is 121 Å². The highest BCUT2D eigenvalue weighted by molar-refractivity contribution is 6.25. The number of allylic oxidation sites excluding steroid dienone is 1. The van der Waals surface area contributed by atoms with Gasteiger partial charge < -0.3 is 9.13 Å². The average molecular weight is 675 g/mol. The molecule has 0 saturated carbocycles. The van der Waals surface area contributed by atoms with Crippen LogP contribution in [0.15, 0.2) is 189 Å². The Bertz CT molecular complexity index is 3250. The Morgan fingerprint density at radius 2 is 0.830 bits per heavy atom. The molecule has 2 heteroatoms. The molecule has 0 N–H and O–H groups in total. The van der Waals surface area contributed by atoms with Gasteiger partial charge in [0.05, 0.1) is 22.1 Å². The molecular formula is C51H34N2. The summed E-state index contributed by atoms with van der Waals surface area (Å²) < 4.78 is 4.84. The first kappa shape index (κ1) is 29.8. The van der Waals surface area contributed by atoms with Crippen molar-refractivity contribution in [2.24, 2.45) is 0 Å². The zero-order valence-electron chi connectivity index (χ0n) is 29.1. The van der Waals surface area contributed by atoms with Crippen LogP contribution in [0.5, 0.6) is 0 Å². The average Bonchev–Trinajstić information content (AvgIpc) is 3.73. The van der Waals surface area contributed by atoms with Crippen LogP contribution in [0, 0.1) is 0 Å². The zero-order valence-corrected chi connectivity index (χ0v) is 29.1. The van der Waals surface area contributed by atoms with Crippen LogP contribution in [-0.4, -0.2) is 9.13 Å². The molecule has 0 amide bonds. The van der Waals surface area contributed by atoms with Crippen molar-refractivity contribution < 1.29 is 0 Å². The molecule has 2 aromatic heterocycles. The molecule has 0 spiro atoms. The third-order valence-electron chi connectivity index (χ3n) is 11.2. The standard InChI is InChI=1S/C51H34N2/c1-2-12-33-23-27-50-46(29-33)43-19-7-9-21-48(43)53(50)37-25-28-51-47(32-37)44-20-8-10-22-49(44)52(51)36-14-11-13-34(30-36)35-24-26-42-40-17-4-3-15-38(40)39-16-5-6-18-41(39)45(42)31-35/h2-11,13-32H,1,12H2. The van der Waals surface area contributed by atoms with E-state index < -0.39 is 0 Å². The van der Waals surface area contributed by atoms with Crippen molar-refractivity contribution in [3.8, 4) is 22.5 Å². The maximum atomic E-state index is 3.97. The van der Waals surface area contributed by atoms with Crippen molar-refractivity contribution >= 4 is 75.9 Å². The lowest BCUT2D eigenvalue weighted by molar-refractivity contribution is 1.16.